The van der Waals surface area contributed by atoms with E-state index in [0.717, 1.165) is 11.0 Å². The molecule has 1 aromatic heterocycles. The molecule has 1 aliphatic rings. The quantitative estimate of drug-likeness (QED) is 0.658. The molecule has 0 spiro atoms. The Morgan fingerprint density at radius 2 is 2.13 bits per heavy atom. The number of hydrogen-bond acceptors (Lipinski definition) is 5. The number of nitrogens with one attached hydrogen (secondary N) is 2. The van der Waals surface area contributed by atoms with Gasteiger partial charge in [0.25, 0.3) is 0 Å². The Bertz CT molecular complexity index is 837. The largest absolute Gasteiger partial charge is 0.455 e. The molecule has 8 heteroatoms. The number of para-hydroxylation sites is 1. The number of sulfone groups is 1. The van der Waals surface area contributed by atoms with Gasteiger partial charge in [-0.3, -0.25) is 0 Å². The molecular weight excluding hydrogens is 318 g/mol. The zero-order valence-electron chi connectivity index (χ0n) is 12.6. The maximum absolute atomic E-state index is 11.8. The van der Waals surface area contributed by atoms with Crippen molar-refractivity contribution in [2.75, 3.05) is 11.5 Å². The van der Waals surface area contributed by atoms with E-state index < -0.39 is 15.9 Å². The summed E-state index contributed by atoms with van der Waals surface area (Å²) in [5.41, 5.74) is 3.63. The summed E-state index contributed by atoms with van der Waals surface area (Å²) in [4.78, 5) is 11.8. The number of furan rings is 1. The summed E-state index contributed by atoms with van der Waals surface area (Å²) in [6.07, 6.45) is 0.433. The number of fused-ring (bicyclic) bond motifs is 1. The Kier molecular flexibility index (Phi) is 4.08. The van der Waals surface area contributed by atoms with Crippen LogP contribution in [0.3, 0.4) is 0 Å². The van der Waals surface area contributed by atoms with Crippen LogP contribution in [0.1, 0.15) is 19.1 Å². The Balaban J connectivity index is 1.61. The molecule has 122 valence electrons. The summed E-state index contributed by atoms with van der Waals surface area (Å²) in [5, 5.41) is 7.54. The molecule has 2 heterocycles. The zero-order chi connectivity index (χ0) is 16.4. The van der Waals surface area contributed by atoms with Gasteiger partial charge in [0.15, 0.2) is 15.6 Å². The van der Waals surface area contributed by atoms with Gasteiger partial charge in [-0.25, -0.2) is 18.6 Å². The first-order chi connectivity index (χ1) is 10.9. The van der Waals surface area contributed by atoms with E-state index >= 15 is 0 Å². The smallest absolute Gasteiger partial charge is 0.335 e. The van der Waals surface area contributed by atoms with Gasteiger partial charge in [0.1, 0.15) is 11.3 Å². The molecule has 1 aromatic carbocycles. The molecule has 0 bridgehead atoms. The van der Waals surface area contributed by atoms with Gasteiger partial charge in [-0.05, 0) is 25.5 Å². The predicted molar refractivity (Wildman–Crippen MR) is 87.2 cm³/mol. The third-order valence-electron chi connectivity index (χ3n) is 3.67. The Morgan fingerprint density at radius 1 is 1.35 bits per heavy atom. The lowest BCUT2D eigenvalue weighted by molar-refractivity contribution is 0.238. The third-order valence-corrected chi connectivity index (χ3v) is 5.44. The molecule has 23 heavy (non-hydrogen) atoms. The first kappa shape index (κ1) is 15.5. The van der Waals surface area contributed by atoms with Crippen LogP contribution < -0.4 is 10.7 Å². The number of carbonyl (C=O) groups is 1. The lowest BCUT2D eigenvalue weighted by Gasteiger charge is -2.09. The van der Waals surface area contributed by atoms with Crippen molar-refractivity contribution in [3.05, 3.63) is 36.1 Å². The lowest BCUT2D eigenvalue weighted by Crippen LogP contribution is -2.41. The summed E-state index contributed by atoms with van der Waals surface area (Å²) in [6, 6.07) is 8.53. The highest BCUT2D eigenvalue weighted by atomic mass is 32.2. The van der Waals surface area contributed by atoms with Crippen LogP contribution in [0.2, 0.25) is 0 Å². The summed E-state index contributed by atoms with van der Waals surface area (Å²) in [6.45, 7) is 1.72. The molecular formula is C15H17N3O4S. The van der Waals surface area contributed by atoms with E-state index in [0.29, 0.717) is 17.9 Å². The molecule has 1 unspecified atom stereocenters. The van der Waals surface area contributed by atoms with Gasteiger partial charge in [-0.2, -0.15) is 5.10 Å². The number of hydrazone groups is 1. The number of nitrogens with zero attached hydrogens (tertiary/aromatic N) is 1. The number of hydrogen-bond donors (Lipinski definition) is 2. The normalized spacial score (nSPS) is 20.6. The molecule has 1 fully saturated rings. The molecule has 2 N–H and O–H groups in total. The monoisotopic (exact) mass is 335 g/mol. The number of carbonyl (C=O) groups excluding carboxylic acids is 1. The Hall–Kier alpha value is -2.35. The van der Waals surface area contributed by atoms with Crippen LogP contribution in [-0.2, 0) is 9.84 Å². The fourth-order valence-electron chi connectivity index (χ4n) is 2.48. The molecule has 2 aromatic rings. The minimum Gasteiger partial charge on any atom is -0.455 e. The molecule has 7 nitrogen and oxygen atoms in total. The molecule has 1 aliphatic heterocycles. The highest BCUT2D eigenvalue weighted by molar-refractivity contribution is 7.91. The van der Waals surface area contributed by atoms with E-state index in [9.17, 15) is 13.2 Å². The van der Waals surface area contributed by atoms with Crippen LogP contribution in [0.15, 0.2) is 39.9 Å². The second-order valence-corrected chi connectivity index (χ2v) is 7.76. The first-order valence-corrected chi connectivity index (χ1v) is 9.05. The number of rotatable bonds is 3. The van der Waals surface area contributed by atoms with Crippen LogP contribution in [0.4, 0.5) is 4.79 Å². The Morgan fingerprint density at radius 3 is 2.83 bits per heavy atom. The molecule has 0 aliphatic carbocycles. The van der Waals surface area contributed by atoms with Crippen molar-refractivity contribution in [2.24, 2.45) is 5.10 Å². The Labute approximate surface area is 133 Å². The first-order valence-electron chi connectivity index (χ1n) is 7.23. The maximum atomic E-state index is 11.8. The average Bonchev–Trinajstić information content (AvgIpc) is 3.07. The van der Waals surface area contributed by atoms with Gasteiger partial charge in [0, 0.05) is 11.4 Å². The molecule has 3 rings (SSSR count). The zero-order valence-corrected chi connectivity index (χ0v) is 13.4. The third kappa shape index (κ3) is 3.70. The maximum Gasteiger partial charge on any atom is 0.335 e. The number of benzene rings is 1. The average molecular weight is 335 g/mol. The topological polar surface area (TPSA) is 101 Å². The van der Waals surface area contributed by atoms with E-state index in [1.807, 2.05) is 30.3 Å². The van der Waals surface area contributed by atoms with Gasteiger partial charge in [-0.15, -0.1) is 0 Å². The van der Waals surface area contributed by atoms with Crippen molar-refractivity contribution < 1.29 is 17.6 Å². The van der Waals surface area contributed by atoms with Crippen LogP contribution in [0.25, 0.3) is 11.0 Å². The SMILES string of the molecule is C/C(=N\NC(=O)NC1CCS(=O)(=O)C1)c1cc2ccccc2o1. The van der Waals surface area contributed by atoms with E-state index in [1.54, 1.807) is 6.92 Å². The summed E-state index contributed by atoms with van der Waals surface area (Å²) < 4.78 is 28.3. The minimum atomic E-state index is -3.02. The van der Waals surface area contributed by atoms with Crippen LogP contribution in [0, 0.1) is 0 Å². The lowest BCUT2D eigenvalue weighted by atomic mass is 10.2. The predicted octanol–water partition coefficient (Wildman–Crippen LogP) is 1.64. The van der Waals surface area contributed by atoms with Crippen LogP contribution in [-0.4, -0.2) is 37.7 Å². The highest BCUT2D eigenvalue weighted by Gasteiger charge is 2.28. The fraction of sp³-hybridized carbons (Fsp3) is 0.333. The van der Waals surface area contributed by atoms with Crippen molar-refractivity contribution in [3.63, 3.8) is 0 Å². The fourth-order valence-corrected chi connectivity index (χ4v) is 4.15. The summed E-state index contributed by atoms with van der Waals surface area (Å²) in [7, 11) is -3.02. The van der Waals surface area contributed by atoms with Gasteiger partial charge in [0.2, 0.25) is 0 Å². The minimum absolute atomic E-state index is 0.0211. The number of amides is 2. The molecule has 0 saturated carbocycles. The highest BCUT2D eigenvalue weighted by Crippen LogP contribution is 2.19. The number of urea groups is 1. The van der Waals surface area contributed by atoms with E-state index in [2.05, 4.69) is 15.8 Å². The standard InChI is InChI=1S/C15H17N3O4S/c1-10(14-8-11-4-2-3-5-13(11)22-14)17-18-15(19)16-12-6-7-23(20,21)9-12/h2-5,8,12H,6-7,9H2,1H3,(H2,16,18,19)/b17-10+. The van der Waals surface area contributed by atoms with Crippen LogP contribution in [0.5, 0.6) is 0 Å². The second-order valence-electron chi connectivity index (χ2n) is 5.53. The summed E-state index contributed by atoms with van der Waals surface area (Å²) in [5.74, 6) is 0.654. The van der Waals surface area contributed by atoms with E-state index in [4.69, 9.17) is 4.42 Å². The molecule has 0 radical (unpaired) electrons. The van der Waals surface area contributed by atoms with Gasteiger partial charge < -0.3 is 9.73 Å². The van der Waals surface area contributed by atoms with Crippen molar-refractivity contribution in [1.29, 1.82) is 0 Å². The van der Waals surface area contributed by atoms with E-state index in [-0.39, 0.29) is 17.5 Å². The summed E-state index contributed by atoms with van der Waals surface area (Å²) >= 11 is 0. The van der Waals surface area contributed by atoms with Crippen molar-refractivity contribution in [2.45, 2.75) is 19.4 Å². The molecule has 1 saturated heterocycles. The van der Waals surface area contributed by atoms with Crippen LogP contribution >= 0.6 is 0 Å². The molecule has 1 atom stereocenters. The van der Waals surface area contributed by atoms with Crippen molar-refractivity contribution in [3.8, 4) is 0 Å². The van der Waals surface area contributed by atoms with Crippen molar-refractivity contribution in [1.82, 2.24) is 10.7 Å². The van der Waals surface area contributed by atoms with Gasteiger partial charge in [0.05, 0.1) is 11.5 Å². The molecule has 2 amide bonds. The van der Waals surface area contributed by atoms with E-state index in [1.165, 1.54) is 0 Å². The van der Waals surface area contributed by atoms with Crippen molar-refractivity contribution >= 4 is 32.5 Å². The second kappa shape index (κ2) is 6.04. The van der Waals surface area contributed by atoms with Gasteiger partial charge in [-0.1, -0.05) is 18.2 Å². The van der Waals surface area contributed by atoms with Gasteiger partial charge >= 0.3 is 6.03 Å².